The van der Waals surface area contributed by atoms with E-state index in [0.29, 0.717) is 0 Å². The predicted octanol–water partition coefficient (Wildman–Crippen LogP) is 2.08. The lowest BCUT2D eigenvalue weighted by Gasteiger charge is -2.25. The van der Waals surface area contributed by atoms with Crippen LogP contribution in [-0.2, 0) is 25.9 Å². The second-order valence-electron chi connectivity index (χ2n) is 4.12. The molecule has 0 amide bonds. The summed E-state index contributed by atoms with van der Waals surface area (Å²) in [6.07, 6.45) is -0.0131. The van der Waals surface area contributed by atoms with Crippen LogP contribution in [0.25, 0.3) is 0 Å². The number of aliphatic carboxylic acids is 1. The highest BCUT2D eigenvalue weighted by atomic mass is 32.3. The average Bonchev–Trinajstić information content (AvgIpc) is 2.34. The first kappa shape index (κ1) is 15.6. The molecule has 7 heteroatoms. The van der Waals surface area contributed by atoms with Crippen molar-refractivity contribution in [3.63, 3.8) is 0 Å². The van der Waals surface area contributed by atoms with Crippen LogP contribution >= 0.6 is 0 Å². The third-order valence-corrected chi connectivity index (χ3v) is 3.40. The van der Waals surface area contributed by atoms with Crippen LogP contribution in [0.15, 0.2) is 30.3 Å². The van der Waals surface area contributed by atoms with E-state index in [0.717, 1.165) is 5.56 Å². The van der Waals surface area contributed by atoms with Crippen molar-refractivity contribution in [2.75, 3.05) is 0 Å². The Morgan fingerprint density at radius 1 is 1.37 bits per heavy atom. The Bertz CT molecular complexity index is 528. The summed E-state index contributed by atoms with van der Waals surface area (Å²) < 4.78 is 37.9. The largest absolute Gasteiger partial charge is 0.479 e. The van der Waals surface area contributed by atoms with Crippen LogP contribution in [-0.4, -0.2) is 25.1 Å². The molecule has 106 valence electrons. The maximum absolute atomic E-state index is 12.6. The zero-order chi connectivity index (χ0) is 14.5. The molecule has 0 heterocycles. The first-order chi connectivity index (χ1) is 8.79. The van der Waals surface area contributed by atoms with Crippen LogP contribution in [0.5, 0.6) is 0 Å². The second kappa shape index (κ2) is 6.12. The summed E-state index contributed by atoms with van der Waals surface area (Å²) in [5.41, 5.74) is -1.25. The van der Waals surface area contributed by atoms with E-state index in [2.05, 4.69) is 4.18 Å². The Balaban J connectivity index is 2.89. The molecular weight excluding hydrogens is 275 g/mol. The molecule has 0 aliphatic heterocycles. The third-order valence-electron chi connectivity index (χ3n) is 2.88. The van der Waals surface area contributed by atoms with E-state index in [-0.39, 0.29) is 19.3 Å². The maximum Gasteiger partial charge on any atom is 0.438 e. The molecule has 5 nitrogen and oxygen atoms in total. The topological polar surface area (TPSA) is 80.7 Å². The van der Waals surface area contributed by atoms with Gasteiger partial charge in [-0.25, -0.2) is 8.98 Å². The molecule has 1 aromatic rings. The van der Waals surface area contributed by atoms with E-state index in [9.17, 15) is 17.1 Å². The fourth-order valence-corrected chi connectivity index (χ4v) is 2.41. The van der Waals surface area contributed by atoms with Crippen LogP contribution in [0, 0.1) is 0 Å². The van der Waals surface area contributed by atoms with Crippen molar-refractivity contribution in [2.45, 2.75) is 31.8 Å². The zero-order valence-electron chi connectivity index (χ0n) is 10.4. The highest BCUT2D eigenvalue weighted by Gasteiger charge is 2.42. The molecule has 1 aromatic carbocycles. The number of carboxylic acid groups (broad SMARTS) is 1. The molecule has 0 radical (unpaired) electrons. The summed E-state index contributed by atoms with van der Waals surface area (Å²) in [5.74, 6) is -1.49. The Hall–Kier alpha value is -1.47. The van der Waals surface area contributed by atoms with Gasteiger partial charge in [0, 0.05) is 0 Å². The quantitative estimate of drug-likeness (QED) is 0.778. The van der Waals surface area contributed by atoms with E-state index in [1.807, 2.05) is 0 Å². The Morgan fingerprint density at radius 2 is 1.95 bits per heavy atom. The van der Waals surface area contributed by atoms with Crippen LogP contribution in [0.3, 0.4) is 0 Å². The van der Waals surface area contributed by atoms with Crippen molar-refractivity contribution in [2.24, 2.45) is 0 Å². The molecule has 1 atom stereocenters. The molecule has 1 N–H and O–H groups in total. The summed E-state index contributed by atoms with van der Waals surface area (Å²) in [6, 6.07) is 8.89. The fraction of sp³-hybridized carbons (Fsp3) is 0.417. The van der Waals surface area contributed by atoms with Crippen molar-refractivity contribution in [1.29, 1.82) is 0 Å². The molecule has 0 bridgehead atoms. The number of hydrogen-bond acceptors (Lipinski definition) is 4. The van der Waals surface area contributed by atoms with Crippen molar-refractivity contribution in [3.05, 3.63) is 35.9 Å². The first-order valence-corrected chi connectivity index (χ1v) is 7.02. The minimum Gasteiger partial charge on any atom is -0.479 e. The Labute approximate surface area is 111 Å². The summed E-state index contributed by atoms with van der Waals surface area (Å²) in [4.78, 5) is 11.2. The van der Waals surface area contributed by atoms with Gasteiger partial charge < -0.3 is 5.11 Å². The zero-order valence-corrected chi connectivity index (χ0v) is 11.2. The molecule has 0 aliphatic rings. The first-order valence-electron chi connectivity index (χ1n) is 5.71. The highest BCUT2D eigenvalue weighted by Crippen LogP contribution is 2.26. The molecule has 19 heavy (non-hydrogen) atoms. The van der Waals surface area contributed by atoms with Gasteiger partial charge in [-0.1, -0.05) is 41.1 Å². The van der Waals surface area contributed by atoms with Gasteiger partial charge >= 0.3 is 16.5 Å². The van der Waals surface area contributed by atoms with Crippen LogP contribution in [0.1, 0.15) is 25.3 Å². The van der Waals surface area contributed by atoms with Gasteiger partial charge in [0.15, 0.2) is 5.60 Å². The Kier molecular flexibility index (Phi) is 5.02. The van der Waals surface area contributed by atoms with Gasteiger partial charge in [0.1, 0.15) is 0 Å². The lowest BCUT2D eigenvalue weighted by molar-refractivity contribution is -0.156. The standard InChI is InChI=1S/C12H15FO5S/c1-2-12(11(14)15,18-19(13,16)17)9-8-10-6-4-3-5-7-10/h3-7H,2,8-9H2,1H3,(H,14,15)/t12-/m1/s1. The van der Waals surface area contributed by atoms with Crippen molar-refractivity contribution in [1.82, 2.24) is 0 Å². The lowest BCUT2D eigenvalue weighted by atomic mass is 9.92. The molecule has 1 rings (SSSR count). The van der Waals surface area contributed by atoms with Crippen LogP contribution in [0.4, 0.5) is 3.89 Å². The van der Waals surface area contributed by atoms with Crippen LogP contribution < -0.4 is 0 Å². The van der Waals surface area contributed by atoms with E-state index >= 15 is 0 Å². The van der Waals surface area contributed by atoms with Gasteiger partial charge in [0.2, 0.25) is 0 Å². The SMILES string of the molecule is CC[C@](CCc1ccccc1)(OS(=O)(=O)F)C(=O)O. The molecule has 0 saturated heterocycles. The Morgan fingerprint density at radius 3 is 2.37 bits per heavy atom. The molecule has 0 fully saturated rings. The highest BCUT2D eigenvalue weighted by molar-refractivity contribution is 7.81. The van der Waals surface area contributed by atoms with Gasteiger partial charge in [-0.05, 0) is 24.8 Å². The van der Waals surface area contributed by atoms with E-state index in [1.165, 1.54) is 6.92 Å². The lowest BCUT2D eigenvalue weighted by Crippen LogP contribution is -2.42. The second-order valence-corrected chi connectivity index (χ2v) is 5.07. The smallest absolute Gasteiger partial charge is 0.438 e. The third kappa shape index (κ3) is 4.60. The fourth-order valence-electron chi connectivity index (χ4n) is 1.75. The molecule has 0 saturated carbocycles. The van der Waals surface area contributed by atoms with Crippen molar-refractivity contribution < 1.29 is 26.4 Å². The number of carboxylic acids is 1. The van der Waals surface area contributed by atoms with E-state index in [1.54, 1.807) is 30.3 Å². The van der Waals surface area contributed by atoms with Gasteiger partial charge in [-0.3, -0.25) is 0 Å². The summed E-state index contributed by atoms with van der Waals surface area (Å²) in [6.45, 7) is 1.43. The number of rotatable bonds is 7. The number of halogens is 1. The minimum absolute atomic E-state index is 0.133. The van der Waals surface area contributed by atoms with E-state index in [4.69, 9.17) is 5.11 Å². The molecule has 0 aromatic heterocycles. The maximum atomic E-state index is 12.6. The van der Waals surface area contributed by atoms with E-state index < -0.39 is 22.1 Å². The summed E-state index contributed by atoms with van der Waals surface area (Å²) in [7, 11) is -5.32. The summed E-state index contributed by atoms with van der Waals surface area (Å²) in [5, 5.41) is 9.11. The molecular formula is C12H15FO5S. The number of carbonyl (C=O) groups is 1. The van der Waals surface area contributed by atoms with Crippen molar-refractivity contribution in [3.8, 4) is 0 Å². The number of aryl methyl sites for hydroxylation is 1. The van der Waals surface area contributed by atoms with Crippen molar-refractivity contribution >= 4 is 16.5 Å². The minimum atomic E-state index is -5.32. The van der Waals surface area contributed by atoms with Gasteiger partial charge in [-0.15, -0.1) is 0 Å². The molecule has 0 unspecified atom stereocenters. The average molecular weight is 290 g/mol. The normalized spacial score (nSPS) is 14.8. The monoisotopic (exact) mass is 290 g/mol. The molecule has 0 aliphatic carbocycles. The molecule has 0 spiro atoms. The predicted molar refractivity (Wildman–Crippen MR) is 66.5 cm³/mol. The number of hydrogen-bond donors (Lipinski definition) is 1. The van der Waals surface area contributed by atoms with Crippen LogP contribution in [0.2, 0.25) is 0 Å². The number of benzene rings is 1. The summed E-state index contributed by atoms with van der Waals surface area (Å²) >= 11 is 0. The van der Waals surface area contributed by atoms with Gasteiger partial charge in [0.25, 0.3) is 0 Å². The van der Waals surface area contributed by atoms with Gasteiger partial charge in [0.05, 0.1) is 0 Å². The van der Waals surface area contributed by atoms with Gasteiger partial charge in [-0.2, -0.15) is 8.42 Å².